The van der Waals surface area contributed by atoms with Crippen LogP contribution in [-0.2, 0) is 0 Å². The number of aliphatic imine (C=N–C) groups is 1. The maximum Gasteiger partial charge on any atom is 0.261 e. The Hall–Kier alpha value is -1.64. The highest BCUT2D eigenvalue weighted by molar-refractivity contribution is 14.0. The van der Waals surface area contributed by atoms with Gasteiger partial charge in [-0.3, -0.25) is 19.5 Å². The molecule has 1 aromatic rings. The highest BCUT2D eigenvalue weighted by atomic mass is 127. The van der Waals surface area contributed by atoms with Crippen molar-refractivity contribution >= 4 is 41.8 Å². The summed E-state index contributed by atoms with van der Waals surface area (Å²) in [6.07, 6.45) is 3.86. The number of imide groups is 1. The van der Waals surface area contributed by atoms with Crippen molar-refractivity contribution in [3.63, 3.8) is 0 Å². The maximum atomic E-state index is 12.3. The lowest BCUT2D eigenvalue weighted by Gasteiger charge is -2.31. The minimum atomic E-state index is -0.189. The molecular formula is C19H27IN4O2. The van der Waals surface area contributed by atoms with Gasteiger partial charge in [-0.15, -0.1) is 24.0 Å². The minimum Gasteiger partial charge on any atom is -0.370 e. The van der Waals surface area contributed by atoms with Crippen molar-refractivity contribution in [3.8, 4) is 0 Å². The Bertz CT molecular complexity index is 649. The van der Waals surface area contributed by atoms with E-state index in [-0.39, 0.29) is 35.8 Å². The van der Waals surface area contributed by atoms with Crippen molar-refractivity contribution in [1.82, 2.24) is 9.80 Å². The molecule has 0 atom stereocenters. The number of nitrogens with two attached hydrogens (primary N) is 1. The van der Waals surface area contributed by atoms with Gasteiger partial charge in [-0.25, -0.2) is 0 Å². The number of benzene rings is 1. The normalized spacial score (nSPS) is 18.1. The number of rotatable bonds is 5. The number of amides is 2. The van der Waals surface area contributed by atoms with E-state index in [0.717, 1.165) is 44.7 Å². The first kappa shape index (κ1) is 20.7. The predicted octanol–water partition coefficient (Wildman–Crippen LogP) is 2.73. The molecule has 0 unspecified atom stereocenters. The summed E-state index contributed by atoms with van der Waals surface area (Å²) in [5.41, 5.74) is 7.07. The Balaban J connectivity index is 0.00000243. The number of guanidine groups is 1. The maximum absolute atomic E-state index is 12.3. The Labute approximate surface area is 171 Å². The number of halogens is 1. The van der Waals surface area contributed by atoms with Gasteiger partial charge in [-0.2, -0.15) is 0 Å². The molecule has 0 spiro atoms. The van der Waals surface area contributed by atoms with Gasteiger partial charge in [0, 0.05) is 26.2 Å². The lowest BCUT2D eigenvalue weighted by atomic mass is 10.00. The van der Waals surface area contributed by atoms with E-state index in [1.165, 1.54) is 4.90 Å². The third-order valence-corrected chi connectivity index (χ3v) is 5.05. The summed E-state index contributed by atoms with van der Waals surface area (Å²) in [5.74, 6) is 1.01. The van der Waals surface area contributed by atoms with Crippen molar-refractivity contribution in [3.05, 3.63) is 35.4 Å². The first-order valence-corrected chi connectivity index (χ1v) is 9.08. The van der Waals surface area contributed by atoms with Crippen LogP contribution in [0.2, 0.25) is 0 Å². The van der Waals surface area contributed by atoms with Crippen LogP contribution >= 0.6 is 24.0 Å². The van der Waals surface area contributed by atoms with E-state index >= 15 is 0 Å². The molecule has 0 bridgehead atoms. The summed E-state index contributed by atoms with van der Waals surface area (Å²) in [7, 11) is 0. The van der Waals surface area contributed by atoms with Crippen LogP contribution in [0.4, 0.5) is 0 Å². The average Bonchev–Trinajstić information content (AvgIpc) is 2.87. The standard InChI is InChI=1S/C19H26N4O2.HI/c1-14-8-12-22(13-9-14)19(20)21-10-4-5-11-23-17(24)15-6-2-3-7-16(15)18(23)25;/h2-3,6-7,14H,4-5,8-13H2,1H3,(H2,20,21);1H. The van der Waals surface area contributed by atoms with Crippen molar-refractivity contribution in [2.75, 3.05) is 26.2 Å². The van der Waals surface area contributed by atoms with Gasteiger partial charge in [0.25, 0.3) is 11.8 Å². The summed E-state index contributed by atoms with van der Waals surface area (Å²) in [4.78, 5) is 32.5. The fourth-order valence-electron chi connectivity index (χ4n) is 3.36. The molecule has 0 radical (unpaired) electrons. The lowest BCUT2D eigenvalue weighted by Crippen LogP contribution is -2.42. The van der Waals surface area contributed by atoms with Gasteiger partial charge in [-0.05, 0) is 43.7 Å². The van der Waals surface area contributed by atoms with Crippen LogP contribution in [0, 0.1) is 5.92 Å². The van der Waals surface area contributed by atoms with E-state index in [0.29, 0.717) is 30.2 Å². The number of piperidine rings is 1. The number of carbonyl (C=O) groups is 2. The Morgan fingerprint density at radius 1 is 1.12 bits per heavy atom. The smallest absolute Gasteiger partial charge is 0.261 e. The summed E-state index contributed by atoms with van der Waals surface area (Å²) in [6.45, 7) is 5.28. The molecule has 2 amide bonds. The second-order valence-electron chi connectivity index (χ2n) is 6.92. The van der Waals surface area contributed by atoms with E-state index in [1.807, 2.05) is 0 Å². The fraction of sp³-hybridized carbons (Fsp3) is 0.526. The van der Waals surface area contributed by atoms with Gasteiger partial charge in [0.1, 0.15) is 0 Å². The van der Waals surface area contributed by atoms with Crippen molar-refractivity contribution < 1.29 is 9.59 Å². The molecular weight excluding hydrogens is 443 g/mol. The Kier molecular flexibility index (Phi) is 7.43. The van der Waals surface area contributed by atoms with Crippen LogP contribution in [0.25, 0.3) is 0 Å². The summed E-state index contributed by atoms with van der Waals surface area (Å²) < 4.78 is 0. The molecule has 142 valence electrons. The average molecular weight is 470 g/mol. The molecule has 0 aromatic heterocycles. The van der Waals surface area contributed by atoms with E-state index in [4.69, 9.17) is 5.73 Å². The monoisotopic (exact) mass is 470 g/mol. The zero-order valence-corrected chi connectivity index (χ0v) is 17.5. The molecule has 26 heavy (non-hydrogen) atoms. The van der Waals surface area contributed by atoms with Gasteiger partial charge >= 0.3 is 0 Å². The van der Waals surface area contributed by atoms with E-state index in [1.54, 1.807) is 24.3 Å². The van der Waals surface area contributed by atoms with Crippen molar-refractivity contribution in [2.24, 2.45) is 16.6 Å². The number of carbonyl (C=O) groups excluding carboxylic acids is 2. The van der Waals surface area contributed by atoms with Gasteiger partial charge in [-0.1, -0.05) is 19.1 Å². The molecule has 1 saturated heterocycles. The zero-order valence-electron chi connectivity index (χ0n) is 15.2. The summed E-state index contributed by atoms with van der Waals surface area (Å²) in [5, 5.41) is 0. The molecule has 0 aliphatic carbocycles. The van der Waals surface area contributed by atoms with Crippen LogP contribution in [0.15, 0.2) is 29.3 Å². The van der Waals surface area contributed by atoms with Gasteiger partial charge in [0.05, 0.1) is 11.1 Å². The Morgan fingerprint density at radius 2 is 1.69 bits per heavy atom. The molecule has 1 fully saturated rings. The molecule has 0 saturated carbocycles. The first-order valence-electron chi connectivity index (χ1n) is 9.08. The zero-order chi connectivity index (χ0) is 17.8. The molecule has 6 nitrogen and oxygen atoms in total. The summed E-state index contributed by atoms with van der Waals surface area (Å²) >= 11 is 0. The van der Waals surface area contributed by atoms with E-state index < -0.39 is 0 Å². The molecule has 2 heterocycles. The molecule has 2 N–H and O–H groups in total. The molecule has 2 aliphatic heterocycles. The largest absolute Gasteiger partial charge is 0.370 e. The SMILES string of the molecule is CC1CCN(C(N)=NCCCCN2C(=O)c3ccccc3C2=O)CC1.I. The van der Waals surface area contributed by atoms with Crippen molar-refractivity contribution in [2.45, 2.75) is 32.6 Å². The second-order valence-corrected chi connectivity index (χ2v) is 6.92. The number of likely N-dealkylation sites (tertiary alicyclic amines) is 1. The van der Waals surface area contributed by atoms with Gasteiger partial charge in [0.15, 0.2) is 5.96 Å². The van der Waals surface area contributed by atoms with Crippen LogP contribution in [-0.4, -0.2) is 53.8 Å². The summed E-state index contributed by atoms with van der Waals surface area (Å²) in [6, 6.07) is 6.98. The number of fused-ring (bicyclic) bond motifs is 1. The topological polar surface area (TPSA) is 79.0 Å². The lowest BCUT2D eigenvalue weighted by molar-refractivity contribution is 0.0652. The number of unbranched alkanes of at least 4 members (excludes halogenated alkanes) is 1. The first-order chi connectivity index (χ1) is 12.1. The molecule has 3 rings (SSSR count). The molecule has 1 aromatic carbocycles. The second kappa shape index (κ2) is 9.34. The van der Waals surface area contributed by atoms with Crippen LogP contribution in [0.1, 0.15) is 53.3 Å². The van der Waals surface area contributed by atoms with Crippen molar-refractivity contribution in [1.29, 1.82) is 0 Å². The highest BCUT2D eigenvalue weighted by Gasteiger charge is 2.34. The number of hydrogen-bond donors (Lipinski definition) is 1. The highest BCUT2D eigenvalue weighted by Crippen LogP contribution is 2.22. The third kappa shape index (κ3) is 4.55. The van der Waals surface area contributed by atoms with Gasteiger partial charge in [0.2, 0.25) is 0 Å². The van der Waals surface area contributed by atoms with Crippen LogP contribution in [0.5, 0.6) is 0 Å². The minimum absolute atomic E-state index is 0. The van der Waals surface area contributed by atoms with Crippen LogP contribution in [0.3, 0.4) is 0 Å². The third-order valence-electron chi connectivity index (χ3n) is 5.05. The molecule has 2 aliphatic rings. The van der Waals surface area contributed by atoms with Gasteiger partial charge < -0.3 is 10.6 Å². The van der Waals surface area contributed by atoms with E-state index in [2.05, 4.69) is 16.8 Å². The Morgan fingerprint density at radius 3 is 2.27 bits per heavy atom. The van der Waals surface area contributed by atoms with E-state index in [9.17, 15) is 9.59 Å². The fourth-order valence-corrected chi connectivity index (χ4v) is 3.36. The molecule has 7 heteroatoms. The van der Waals surface area contributed by atoms with Crippen LogP contribution < -0.4 is 5.73 Å². The quantitative estimate of drug-likeness (QED) is 0.236. The number of nitrogens with zero attached hydrogens (tertiary/aromatic N) is 3. The predicted molar refractivity (Wildman–Crippen MR) is 113 cm³/mol. The number of hydrogen-bond acceptors (Lipinski definition) is 3.